The van der Waals surface area contributed by atoms with E-state index in [2.05, 4.69) is 5.43 Å². The third-order valence-corrected chi connectivity index (χ3v) is 1.01. The highest BCUT2D eigenvalue weighted by molar-refractivity contribution is 5.72. The molecule has 0 aromatic rings. The Kier molecular flexibility index (Phi) is 3.94. The van der Waals surface area contributed by atoms with Crippen LogP contribution in [0.15, 0.2) is 0 Å². The fourth-order valence-corrected chi connectivity index (χ4v) is 0.421. The molecule has 5 heteroatoms. The standard InChI is InChI=1S/C5H13N3O2/c1-5(9)6-7(2)8(3)10-4/h1-4H3,(H,6,9). The van der Waals surface area contributed by atoms with E-state index in [1.165, 1.54) is 24.3 Å². The van der Waals surface area contributed by atoms with Gasteiger partial charge in [0, 0.05) is 21.0 Å². The lowest BCUT2D eigenvalue weighted by Gasteiger charge is -2.24. The van der Waals surface area contributed by atoms with Gasteiger partial charge in [-0.25, -0.2) is 0 Å². The van der Waals surface area contributed by atoms with Crippen LogP contribution in [-0.4, -0.2) is 37.4 Å². The van der Waals surface area contributed by atoms with E-state index in [0.717, 1.165) is 0 Å². The molecule has 0 atom stereocenters. The van der Waals surface area contributed by atoms with Crippen molar-refractivity contribution in [2.24, 2.45) is 0 Å². The summed E-state index contributed by atoms with van der Waals surface area (Å²) in [5, 5.41) is 2.82. The molecule has 10 heavy (non-hydrogen) atoms. The van der Waals surface area contributed by atoms with Crippen LogP contribution in [0.4, 0.5) is 0 Å². The fraction of sp³-hybridized carbons (Fsp3) is 0.800. The average Bonchev–Trinajstić information content (AvgIpc) is 1.85. The van der Waals surface area contributed by atoms with Gasteiger partial charge in [-0.3, -0.25) is 15.1 Å². The van der Waals surface area contributed by atoms with Crippen LogP contribution >= 0.6 is 0 Å². The zero-order valence-corrected chi connectivity index (χ0v) is 6.71. The third-order valence-electron chi connectivity index (χ3n) is 1.01. The molecule has 60 valence electrons. The molecule has 0 bridgehead atoms. The molecule has 0 saturated carbocycles. The lowest BCUT2D eigenvalue weighted by atomic mass is 10.8. The average molecular weight is 147 g/mol. The van der Waals surface area contributed by atoms with Crippen LogP contribution in [0.2, 0.25) is 0 Å². The Balaban J connectivity index is 3.61. The van der Waals surface area contributed by atoms with E-state index in [0.29, 0.717) is 0 Å². The quantitative estimate of drug-likeness (QED) is 0.540. The minimum absolute atomic E-state index is 0.133. The second-order valence-electron chi connectivity index (χ2n) is 1.84. The van der Waals surface area contributed by atoms with Crippen molar-refractivity contribution in [2.75, 3.05) is 21.2 Å². The Morgan fingerprint density at radius 3 is 2.30 bits per heavy atom. The first-order chi connectivity index (χ1) is 4.57. The van der Waals surface area contributed by atoms with Crippen LogP contribution in [-0.2, 0) is 9.63 Å². The van der Waals surface area contributed by atoms with E-state index in [4.69, 9.17) is 4.84 Å². The van der Waals surface area contributed by atoms with E-state index in [1.54, 1.807) is 14.1 Å². The summed E-state index contributed by atoms with van der Waals surface area (Å²) in [6.45, 7) is 1.43. The molecule has 0 aliphatic rings. The Labute approximate surface area is 60.4 Å². The molecule has 0 heterocycles. The number of hydrogen-bond donors (Lipinski definition) is 1. The predicted molar refractivity (Wildman–Crippen MR) is 36.4 cm³/mol. The number of carbonyl (C=O) groups excluding carboxylic acids is 1. The number of nitrogens with zero attached hydrogens (tertiary/aromatic N) is 2. The van der Waals surface area contributed by atoms with Gasteiger partial charge in [-0.1, -0.05) is 0 Å². The molecule has 0 saturated heterocycles. The van der Waals surface area contributed by atoms with Gasteiger partial charge < -0.3 is 0 Å². The van der Waals surface area contributed by atoms with E-state index in [-0.39, 0.29) is 5.91 Å². The summed E-state index contributed by atoms with van der Waals surface area (Å²) >= 11 is 0. The minimum Gasteiger partial charge on any atom is -0.286 e. The lowest BCUT2D eigenvalue weighted by Crippen LogP contribution is -2.47. The van der Waals surface area contributed by atoms with Gasteiger partial charge in [0.25, 0.3) is 0 Å². The van der Waals surface area contributed by atoms with Crippen molar-refractivity contribution in [3.05, 3.63) is 0 Å². The molecular weight excluding hydrogens is 134 g/mol. The third kappa shape index (κ3) is 3.39. The molecular formula is C5H13N3O2. The van der Waals surface area contributed by atoms with E-state index in [9.17, 15) is 4.79 Å². The Bertz CT molecular complexity index is 117. The van der Waals surface area contributed by atoms with Gasteiger partial charge in [-0.15, -0.1) is 10.3 Å². The first-order valence-corrected chi connectivity index (χ1v) is 2.86. The maximum Gasteiger partial charge on any atom is 0.232 e. The van der Waals surface area contributed by atoms with Gasteiger partial charge in [-0.05, 0) is 0 Å². The normalized spacial score (nSPS) is 10.6. The highest BCUT2D eigenvalue weighted by Crippen LogP contribution is 1.83. The predicted octanol–water partition coefficient (Wildman–Crippen LogP) is -0.623. The van der Waals surface area contributed by atoms with Crippen molar-refractivity contribution >= 4 is 5.91 Å². The molecule has 0 unspecified atom stereocenters. The molecule has 1 N–H and O–H groups in total. The number of rotatable bonds is 3. The maximum absolute atomic E-state index is 10.4. The summed E-state index contributed by atoms with van der Waals surface area (Å²) in [6, 6.07) is 0. The van der Waals surface area contributed by atoms with Crippen LogP contribution in [0.3, 0.4) is 0 Å². The van der Waals surface area contributed by atoms with E-state index < -0.39 is 0 Å². The summed E-state index contributed by atoms with van der Waals surface area (Å²) in [5.41, 5.74) is 2.49. The molecule has 5 nitrogen and oxygen atoms in total. The minimum atomic E-state index is -0.133. The van der Waals surface area contributed by atoms with Gasteiger partial charge >= 0.3 is 0 Å². The van der Waals surface area contributed by atoms with Crippen LogP contribution in [0, 0.1) is 0 Å². The summed E-state index contributed by atoms with van der Waals surface area (Å²) in [6.07, 6.45) is 0. The zero-order chi connectivity index (χ0) is 8.15. The molecule has 0 aromatic carbocycles. The maximum atomic E-state index is 10.4. The summed E-state index contributed by atoms with van der Waals surface area (Å²) in [5.74, 6) is -0.133. The van der Waals surface area contributed by atoms with Crippen molar-refractivity contribution in [1.82, 2.24) is 15.7 Å². The Morgan fingerprint density at radius 1 is 1.50 bits per heavy atom. The van der Waals surface area contributed by atoms with Crippen LogP contribution < -0.4 is 5.43 Å². The molecule has 0 spiro atoms. The highest BCUT2D eigenvalue weighted by atomic mass is 16.7. The second kappa shape index (κ2) is 4.21. The molecule has 0 aromatic heterocycles. The number of carbonyl (C=O) groups is 1. The topological polar surface area (TPSA) is 44.8 Å². The van der Waals surface area contributed by atoms with E-state index in [1.807, 2.05) is 0 Å². The number of hydrogen-bond acceptors (Lipinski definition) is 4. The Hall–Kier alpha value is -0.650. The monoisotopic (exact) mass is 147 g/mol. The largest absolute Gasteiger partial charge is 0.286 e. The van der Waals surface area contributed by atoms with Crippen molar-refractivity contribution in [3.8, 4) is 0 Å². The Morgan fingerprint density at radius 2 is 2.00 bits per heavy atom. The molecule has 0 rings (SSSR count). The van der Waals surface area contributed by atoms with Gasteiger partial charge in [0.05, 0.1) is 7.11 Å². The SMILES string of the molecule is CON(C)N(C)NC(C)=O. The van der Waals surface area contributed by atoms with Gasteiger partial charge in [0.1, 0.15) is 0 Å². The number of hydroxylamine groups is 1. The van der Waals surface area contributed by atoms with Crippen molar-refractivity contribution in [2.45, 2.75) is 6.92 Å². The first-order valence-electron chi connectivity index (χ1n) is 2.86. The van der Waals surface area contributed by atoms with Crippen molar-refractivity contribution < 1.29 is 9.63 Å². The molecule has 0 aliphatic carbocycles. The lowest BCUT2D eigenvalue weighted by molar-refractivity contribution is -0.257. The molecule has 0 radical (unpaired) electrons. The van der Waals surface area contributed by atoms with Crippen LogP contribution in [0.25, 0.3) is 0 Å². The summed E-state index contributed by atoms with van der Waals surface area (Å²) in [4.78, 5) is 15.2. The first kappa shape index (κ1) is 9.35. The molecule has 0 aliphatic heterocycles. The molecule has 0 fully saturated rings. The fourth-order valence-electron chi connectivity index (χ4n) is 0.421. The van der Waals surface area contributed by atoms with Gasteiger partial charge in [0.15, 0.2) is 0 Å². The smallest absolute Gasteiger partial charge is 0.232 e. The van der Waals surface area contributed by atoms with Gasteiger partial charge in [0.2, 0.25) is 5.91 Å². The van der Waals surface area contributed by atoms with Crippen LogP contribution in [0.5, 0.6) is 0 Å². The van der Waals surface area contributed by atoms with Crippen molar-refractivity contribution in [3.63, 3.8) is 0 Å². The summed E-state index contributed by atoms with van der Waals surface area (Å²) < 4.78 is 0. The zero-order valence-electron chi connectivity index (χ0n) is 6.71. The summed E-state index contributed by atoms with van der Waals surface area (Å²) in [7, 11) is 4.86. The number of amides is 1. The number of nitrogens with one attached hydrogen (secondary N) is 1. The van der Waals surface area contributed by atoms with Crippen LogP contribution in [0.1, 0.15) is 6.92 Å². The van der Waals surface area contributed by atoms with Crippen molar-refractivity contribution in [1.29, 1.82) is 0 Å². The van der Waals surface area contributed by atoms with E-state index >= 15 is 0 Å². The highest BCUT2D eigenvalue weighted by Gasteiger charge is 2.03. The molecule has 1 amide bonds. The second-order valence-corrected chi connectivity index (χ2v) is 1.84. The number of hydrazine groups is 2. The van der Waals surface area contributed by atoms with Gasteiger partial charge in [-0.2, -0.15) is 0 Å².